The minimum absolute atomic E-state index is 0.0469. The molecule has 1 atom stereocenters. The average molecular weight is 354 g/mol. The summed E-state index contributed by atoms with van der Waals surface area (Å²) in [6.45, 7) is 3.39. The number of likely N-dealkylation sites (tertiary alicyclic amines) is 1. The van der Waals surface area contributed by atoms with Gasteiger partial charge in [0.05, 0.1) is 0 Å². The summed E-state index contributed by atoms with van der Waals surface area (Å²) in [6, 6.07) is 5.63. The standard InChI is InChI=1S/C16H20BrNO3/c1-11-9-13(5-6-14(11)17)16(21)18-8-2-3-12(10-18)4-7-15(19)20/h5-6,9,12H,2-4,7-8,10H2,1H3,(H,19,20). The van der Waals surface area contributed by atoms with Gasteiger partial charge in [-0.1, -0.05) is 15.9 Å². The third kappa shape index (κ3) is 4.30. The Bertz CT molecular complexity index is 544. The molecular weight excluding hydrogens is 334 g/mol. The Morgan fingerprint density at radius 3 is 2.86 bits per heavy atom. The number of benzene rings is 1. The van der Waals surface area contributed by atoms with Crippen molar-refractivity contribution in [2.24, 2.45) is 5.92 Å². The minimum atomic E-state index is -0.762. The van der Waals surface area contributed by atoms with Gasteiger partial charge in [0.15, 0.2) is 0 Å². The normalized spacial score (nSPS) is 18.6. The van der Waals surface area contributed by atoms with E-state index in [1.165, 1.54) is 0 Å². The van der Waals surface area contributed by atoms with E-state index in [1.54, 1.807) is 0 Å². The number of hydrogen-bond donors (Lipinski definition) is 1. The predicted molar refractivity (Wildman–Crippen MR) is 84.4 cm³/mol. The van der Waals surface area contributed by atoms with E-state index in [9.17, 15) is 9.59 Å². The number of aryl methyl sites for hydroxylation is 1. The smallest absolute Gasteiger partial charge is 0.303 e. The van der Waals surface area contributed by atoms with Crippen molar-refractivity contribution in [3.63, 3.8) is 0 Å². The molecule has 0 bridgehead atoms. The minimum Gasteiger partial charge on any atom is -0.481 e. The molecule has 1 aromatic rings. The number of aliphatic carboxylic acids is 1. The summed E-state index contributed by atoms with van der Waals surface area (Å²) in [7, 11) is 0. The van der Waals surface area contributed by atoms with Crippen LogP contribution in [0.15, 0.2) is 22.7 Å². The average Bonchev–Trinajstić information content (AvgIpc) is 2.47. The Hall–Kier alpha value is -1.36. The maximum Gasteiger partial charge on any atom is 0.303 e. The third-order valence-corrected chi connectivity index (χ3v) is 4.87. The fourth-order valence-electron chi connectivity index (χ4n) is 2.77. The molecule has 1 fully saturated rings. The molecule has 0 spiro atoms. The lowest BCUT2D eigenvalue weighted by Gasteiger charge is -2.32. The molecule has 1 unspecified atom stereocenters. The first-order valence-electron chi connectivity index (χ1n) is 7.24. The summed E-state index contributed by atoms with van der Waals surface area (Å²) < 4.78 is 0.997. The van der Waals surface area contributed by atoms with Crippen molar-refractivity contribution in [3.05, 3.63) is 33.8 Å². The van der Waals surface area contributed by atoms with Gasteiger partial charge in [-0.05, 0) is 55.9 Å². The first-order valence-corrected chi connectivity index (χ1v) is 8.04. The molecule has 0 radical (unpaired) electrons. The summed E-state index contributed by atoms with van der Waals surface area (Å²) in [5.41, 5.74) is 1.75. The molecule has 1 saturated heterocycles. The van der Waals surface area contributed by atoms with Gasteiger partial charge in [-0.3, -0.25) is 9.59 Å². The molecule has 114 valence electrons. The van der Waals surface area contributed by atoms with Crippen LogP contribution in [0.2, 0.25) is 0 Å². The number of hydrogen-bond acceptors (Lipinski definition) is 2. The van der Waals surface area contributed by atoms with E-state index in [1.807, 2.05) is 30.0 Å². The molecule has 0 saturated carbocycles. The van der Waals surface area contributed by atoms with Crippen LogP contribution in [0.1, 0.15) is 41.6 Å². The maximum atomic E-state index is 12.5. The van der Waals surface area contributed by atoms with Crippen LogP contribution in [0.5, 0.6) is 0 Å². The molecule has 5 heteroatoms. The highest BCUT2D eigenvalue weighted by atomic mass is 79.9. The van der Waals surface area contributed by atoms with Gasteiger partial charge in [-0.25, -0.2) is 0 Å². The molecule has 1 N–H and O–H groups in total. The molecule has 2 rings (SSSR count). The van der Waals surface area contributed by atoms with Crippen molar-refractivity contribution in [1.29, 1.82) is 0 Å². The Labute approximate surface area is 133 Å². The van der Waals surface area contributed by atoms with Crippen LogP contribution < -0.4 is 0 Å². The fraction of sp³-hybridized carbons (Fsp3) is 0.500. The summed E-state index contributed by atoms with van der Waals surface area (Å²) in [4.78, 5) is 25.1. The number of rotatable bonds is 4. The van der Waals surface area contributed by atoms with Gasteiger partial charge in [0.2, 0.25) is 0 Å². The Kier molecular flexibility index (Phi) is 5.39. The lowest BCUT2D eigenvalue weighted by molar-refractivity contribution is -0.137. The second kappa shape index (κ2) is 7.07. The van der Waals surface area contributed by atoms with Crippen LogP contribution >= 0.6 is 15.9 Å². The van der Waals surface area contributed by atoms with Crippen LogP contribution in [-0.2, 0) is 4.79 Å². The first-order chi connectivity index (χ1) is 9.97. The van der Waals surface area contributed by atoms with Gasteiger partial charge >= 0.3 is 5.97 Å². The summed E-state index contributed by atoms with van der Waals surface area (Å²) in [5, 5.41) is 8.77. The number of carboxylic acid groups (broad SMARTS) is 1. The van der Waals surface area contributed by atoms with E-state index in [0.29, 0.717) is 24.4 Å². The third-order valence-electron chi connectivity index (χ3n) is 3.98. The number of carbonyl (C=O) groups excluding carboxylic acids is 1. The van der Waals surface area contributed by atoms with E-state index in [0.717, 1.165) is 29.4 Å². The van der Waals surface area contributed by atoms with Crippen LogP contribution in [0.3, 0.4) is 0 Å². The fourth-order valence-corrected chi connectivity index (χ4v) is 3.02. The Morgan fingerprint density at radius 1 is 1.43 bits per heavy atom. The Morgan fingerprint density at radius 2 is 2.19 bits per heavy atom. The van der Waals surface area contributed by atoms with Crippen molar-refractivity contribution in [2.75, 3.05) is 13.1 Å². The number of carboxylic acids is 1. The lowest BCUT2D eigenvalue weighted by Crippen LogP contribution is -2.40. The molecule has 1 amide bonds. The van der Waals surface area contributed by atoms with E-state index in [2.05, 4.69) is 15.9 Å². The van der Waals surface area contributed by atoms with Crippen molar-refractivity contribution < 1.29 is 14.7 Å². The van der Waals surface area contributed by atoms with Crippen molar-refractivity contribution in [3.8, 4) is 0 Å². The monoisotopic (exact) mass is 353 g/mol. The first kappa shape index (κ1) is 16.0. The molecule has 1 aliphatic rings. The van der Waals surface area contributed by atoms with E-state index < -0.39 is 5.97 Å². The highest BCUT2D eigenvalue weighted by Gasteiger charge is 2.24. The van der Waals surface area contributed by atoms with Crippen molar-refractivity contribution in [1.82, 2.24) is 4.90 Å². The van der Waals surface area contributed by atoms with E-state index >= 15 is 0 Å². The molecule has 1 heterocycles. The summed E-state index contributed by atoms with van der Waals surface area (Å²) in [6.07, 6.45) is 2.80. The van der Waals surface area contributed by atoms with Gasteiger partial charge in [-0.2, -0.15) is 0 Å². The van der Waals surface area contributed by atoms with Gasteiger partial charge in [0, 0.05) is 29.5 Å². The van der Waals surface area contributed by atoms with Crippen LogP contribution in [0, 0.1) is 12.8 Å². The number of carbonyl (C=O) groups is 2. The molecular formula is C16H20BrNO3. The quantitative estimate of drug-likeness (QED) is 0.901. The number of nitrogens with zero attached hydrogens (tertiary/aromatic N) is 1. The second-order valence-corrected chi connectivity index (χ2v) is 6.51. The highest BCUT2D eigenvalue weighted by molar-refractivity contribution is 9.10. The summed E-state index contributed by atoms with van der Waals surface area (Å²) >= 11 is 3.44. The maximum absolute atomic E-state index is 12.5. The molecule has 0 aromatic heterocycles. The topological polar surface area (TPSA) is 57.6 Å². The second-order valence-electron chi connectivity index (χ2n) is 5.66. The summed E-state index contributed by atoms with van der Waals surface area (Å²) in [5.74, 6) is -0.414. The van der Waals surface area contributed by atoms with Gasteiger partial charge in [0.1, 0.15) is 0 Å². The van der Waals surface area contributed by atoms with Crippen molar-refractivity contribution in [2.45, 2.75) is 32.6 Å². The number of halogens is 1. The van der Waals surface area contributed by atoms with Crippen LogP contribution in [0.25, 0.3) is 0 Å². The number of amides is 1. The van der Waals surface area contributed by atoms with Gasteiger partial charge < -0.3 is 10.0 Å². The van der Waals surface area contributed by atoms with E-state index in [4.69, 9.17) is 5.11 Å². The lowest BCUT2D eigenvalue weighted by atomic mass is 9.93. The van der Waals surface area contributed by atoms with E-state index in [-0.39, 0.29) is 12.3 Å². The molecule has 1 aliphatic heterocycles. The Balaban J connectivity index is 2.01. The zero-order valence-electron chi connectivity index (χ0n) is 12.1. The molecule has 4 nitrogen and oxygen atoms in total. The van der Waals surface area contributed by atoms with Gasteiger partial charge in [-0.15, -0.1) is 0 Å². The molecule has 1 aromatic carbocycles. The zero-order valence-corrected chi connectivity index (χ0v) is 13.7. The van der Waals surface area contributed by atoms with Gasteiger partial charge in [0.25, 0.3) is 5.91 Å². The van der Waals surface area contributed by atoms with Crippen LogP contribution in [-0.4, -0.2) is 35.0 Å². The zero-order chi connectivity index (χ0) is 15.4. The van der Waals surface area contributed by atoms with Crippen LogP contribution in [0.4, 0.5) is 0 Å². The number of piperidine rings is 1. The highest BCUT2D eigenvalue weighted by Crippen LogP contribution is 2.24. The SMILES string of the molecule is Cc1cc(C(=O)N2CCCC(CCC(=O)O)C2)ccc1Br. The molecule has 0 aliphatic carbocycles. The molecule has 21 heavy (non-hydrogen) atoms. The predicted octanol–water partition coefficient (Wildman–Crippen LogP) is 3.47. The van der Waals surface area contributed by atoms with Crippen molar-refractivity contribution >= 4 is 27.8 Å². The largest absolute Gasteiger partial charge is 0.481 e.